The summed E-state index contributed by atoms with van der Waals surface area (Å²) in [7, 11) is 1.61. The Morgan fingerprint density at radius 3 is 2.77 bits per heavy atom. The average molecular weight is 245 g/mol. The van der Waals surface area contributed by atoms with Crippen molar-refractivity contribution in [3.05, 3.63) is 28.2 Å². The summed E-state index contributed by atoms with van der Waals surface area (Å²) >= 11 is 3.47. The molecule has 0 atom stereocenters. The van der Waals surface area contributed by atoms with Crippen molar-refractivity contribution < 1.29 is 9.47 Å². The van der Waals surface area contributed by atoms with E-state index < -0.39 is 0 Å². The van der Waals surface area contributed by atoms with E-state index in [1.54, 1.807) is 7.11 Å². The smallest absolute Gasteiger partial charge is 0.188 e. The zero-order valence-electron chi connectivity index (χ0n) is 7.84. The molecule has 0 spiro atoms. The first-order valence-corrected chi connectivity index (χ1v) is 4.97. The SMILES string of the molecule is CCc1cc(OCOC)ccc1Br. The molecule has 0 radical (unpaired) electrons. The van der Waals surface area contributed by atoms with Crippen LogP contribution in [0.25, 0.3) is 0 Å². The van der Waals surface area contributed by atoms with Gasteiger partial charge in [0, 0.05) is 11.6 Å². The highest BCUT2D eigenvalue weighted by atomic mass is 79.9. The summed E-state index contributed by atoms with van der Waals surface area (Å²) in [5.41, 5.74) is 1.24. The topological polar surface area (TPSA) is 18.5 Å². The molecular weight excluding hydrogens is 232 g/mol. The van der Waals surface area contributed by atoms with E-state index in [-0.39, 0.29) is 0 Å². The van der Waals surface area contributed by atoms with Gasteiger partial charge in [0.2, 0.25) is 0 Å². The first-order chi connectivity index (χ1) is 6.27. The quantitative estimate of drug-likeness (QED) is 0.759. The Balaban J connectivity index is 2.74. The van der Waals surface area contributed by atoms with Gasteiger partial charge in [0.05, 0.1) is 0 Å². The highest BCUT2D eigenvalue weighted by Crippen LogP contribution is 2.22. The first-order valence-electron chi connectivity index (χ1n) is 4.18. The number of hydrogen-bond acceptors (Lipinski definition) is 2. The van der Waals surface area contributed by atoms with Crippen molar-refractivity contribution >= 4 is 15.9 Å². The van der Waals surface area contributed by atoms with E-state index in [0.717, 1.165) is 16.6 Å². The second kappa shape index (κ2) is 5.25. The predicted octanol–water partition coefficient (Wildman–Crippen LogP) is 2.99. The minimum atomic E-state index is 0.296. The highest BCUT2D eigenvalue weighted by molar-refractivity contribution is 9.10. The van der Waals surface area contributed by atoms with E-state index in [0.29, 0.717) is 6.79 Å². The molecule has 0 amide bonds. The molecule has 0 unspecified atom stereocenters. The van der Waals surface area contributed by atoms with Gasteiger partial charge in [-0.2, -0.15) is 0 Å². The molecule has 1 aromatic rings. The van der Waals surface area contributed by atoms with Crippen LogP contribution in [0.4, 0.5) is 0 Å². The van der Waals surface area contributed by atoms with Crippen molar-refractivity contribution in [1.82, 2.24) is 0 Å². The molecule has 72 valence electrons. The number of aryl methyl sites for hydroxylation is 1. The fourth-order valence-electron chi connectivity index (χ4n) is 1.04. The molecule has 2 nitrogen and oxygen atoms in total. The molecule has 0 saturated carbocycles. The molecule has 0 aromatic heterocycles. The summed E-state index contributed by atoms with van der Waals surface area (Å²) in [4.78, 5) is 0. The number of ether oxygens (including phenoxy) is 2. The summed E-state index contributed by atoms with van der Waals surface area (Å²) < 4.78 is 11.2. The van der Waals surface area contributed by atoms with Crippen molar-refractivity contribution in [1.29, 1.82) is 0 Å². The van der Waals surface area contributed by atoms with Crippen LogP contribution in [0.3, 0.4) is 0 Å². The normalized spacial score (nSPS) is 10.1. The number of methoxy groups -OCH3 is 1. The molecule has 1 aromatic carbocycles. The van der Waals surface area contributed by atoms with Crippen LogP contribution in [0.2, 0.25) is 0 Å². The summed E-state index contributed by atoms with van der Waals surface area (Å²) in [6.07, 6.45) is 0.991. The Morgan fingerprint density at radius 2 is 2.15 bits per heavy atom. The molecule has 0 aliphatic carbocycles. The van der Waals surface area contributed by atoms with Crippen LogP contribution in [0.1, 0.15) is 12.5 Å². The monoisotopic (exact) mass is 244 g/mol. The van der Waals surface area contributed by atoms with Crippen molar-refractivity contribution in [2.45, 2.75) is 13.3 Å². The molecule has 0 bridgehead atoms. The zero-order chi connectivity index (χ0) is 9.68. The molecule has 0 N–H and O–H groups in total. The fourth-order valence-corrected chi connectivity index (χ4v) is 1.57. The summed E-state index contributed by atoms with van der Waals surface area (Å²) in [6, 6.07) is 5.93. The third-order valence-corrected chi connectivity index (χ3v) is 2.52. The second-order valence-electron chi connectivity index (χ2n) is 2.66. The van der Waals surface area contributed by atoms with Gasteiger partial charge in [0.1, 0.15) is 5.75 Å². The number of hydrogen-bond donors (Lipinski definition) is 0. The molecule has 3 heteroatoms. The summed E-state index contributed by atoms with van der Waals surface area (Å²) in [5, 5.41) is 0. The molecular formula is C10H13BrO2. The Labute approximate surface area is 87.0 Å². The maximum absolute atomic E-state index is 5.31. The zero-order valence-corrected chi connectivity index (χ0v) is 9.43. The van der Waals surface area contributed by atoms with Gasteiger partial charge < -0.3 is 9.47 Å². The minimum Gasteiger partial charge on any atom is -0.468 e. The molecule has 0 saturated heterocycles. The second-order valence-corrected chi connectivity index (χ2v) is 3.51. The van der Waals surface area contributed by atoms with Gasteiger partial charge in [-0.05, 0) is 30.2 Å². The van der Waals surface area contributed by atoms with Crippen molar-refractivity contribution in [3.63, 3.8) is 0 Å². The van der Waals surface area contributed by atoms with E-state index in [1.165, 1.54) is 5.56 Å². The highest BCUT2D eigenvalue weighted by Gasteiger charge is 1.99. The van der Waals surface area contributed by atoms with Crippen LogP contribution in [0, 0.1) is 0 Å². The van der Waals surface area contributed by atoms with E-state index in [2.05, 4.69) is 22.9 Å². The van der Waals surface area contributed by atoms with Crippen LogP contribution in [-0.4, -0.2) is 13.9 Å². The van der Waals surface area contributed by atoms with E-state index >= 15 is 0 Å². The van der Waals surface area contributed by atoms with E-state index in [4.69, 9.17) is 9.47 Å². The third-order valence-electron chi connectivity index (χ3n) is 1.74. The molecule has 13 heavy (non-hydrogen) atoms. The Morgan fingerprint density at radius 1 is 1.38 bits per heavy atom. The Hall–Kier alpha value is -0.540. The lowest BCUT2D eigenvalue weighted by Gasteiger charge is -2.07. The number of halogens is 1. The maximum atomic E-state index is 5.31. The summed E-state index contributed by atoms with van der Waals surface area (Å²) in [6.45, 7) is 2.41. The molecule has 0 heterocycles. The number of rotatable bonds is 4. The van der Waals surface area contributed by atoms with Gasteiger partial charge in [-0.25, -0.2) is 0 Å². The van der Waals surface area contributed by atoms with Gasteiger partial charge in [-0.15, -0.1) is 0 Å². The molecule has 0 aliphatic heterocycles. The van der Waals surface area contributed by atoms with Crippen LogP contribution in [-0.2, 0) is 11.2 Å². The van der Waals surface area contributed by atoms with E-state index in [1.807, 2.05) is 18.2 Å². The van der Waals surface area contributed by atoms with Crippen molar-refractivity contribution in [3.8, 4) is 5.75 Å². The molecule has 1 rings (SSSR count). The Bertz CT molecular complexity index is 274. The largest absolute Gasteiger partial charge is 0.468 e. The summed E-state index contributed by atoms with van der Waals surface area (Å²) in [5.74, 6) is 0.849. The molecule has 0 aliphatic rings. The number of benzene rings is 1. The lowest BCUT2D eigenvalue weighted by Crippen LogP contribution is -1.99. The van der Waals surface area contributed by atoms with Gasteiger partial charge in [-0.1, -0.05) is 22.9 Å². The average Bonchev–Trinajstić information content (AvgIpc) is 2.16. The first kappa shape index (κ1) is 10.5. The van der Waals surface area contributed by atoms with Crippen molar-refractivity contribution in [2.24, 2.45) is 0 Å². The van der Waals surface area contributed by atoms with Crippen LogP contribution in [0.15, 0.2) is 22.7 Å². The van der Waals surface area contributed by atoms with Gasteiger partial charge >= 0.3 is 0 Å². The van der Waals surface area contributed by atoms with Gasteiger partial charge in [0.15, 0.2) is 6.79 Å². The lowest BCUT2D eigenvalue weighted by atomic mass is 10.2. The van der Waals surface area contributed by atoms with E-state index in [9.17, 15) is 0 Å². The third kappa shape index (κ3) is 3.01. The molecule has 0 fully saturated rings. The Kier molecular flexibility index (Phi) is 4.25. The maximum Gasteiger partial charge on any atom is 0.188 e. The van der Waals surface area contributed by atoms with Crippen molar-refractivity contribution in [2.75, 3.05) is 13.9 Å². The van der Waals surface area contributed by atoms with Crippen LogP contribution in [0.5, 0.6) is 5.75 Å². The van der Waals surface area contributed by atoms with Gasteiger partial charge in [-0.3, -0.25) is 0 Å². The van der Waals surface area contributed by atoms with Gasteiger partial charge in [0.25, 0.3) is 0 Å². The van der Waals surface area contributed by atoms with Crippen LogP contribution < -0.4 is 4.74 Å². The predicted molar refractivity (Wildman–Crippen MR) is 56.0 cm³/mol. The minimum absolute atomic E-state index is 0.296. The van der Waals surface area contributed by atoms with Crippen LogP contribution >= 0.6 is 15.9 Å². The standard InChI is InChI=1S/C10H13BrO2/c1-3-8-6-9(13-7-12-2)4-5-10(8)11/h4-6H,3,7H2,1-2H3. The fraction of sp³-hybridized carbons (Fsp3) is 0.400. The lowest BCUT2D eigenvalue weighted by molar-refractivity contribution is 0.0511.